The first-order chi connectivity index (χ1) is 16.8. The molecule has 4 rings (SSSR count). The Morgan fingerprint density at radius 3 is 2.63 bits per heavy atom. The van der Waals surface area contributed by atoms with Crippen molar-refractivity contribution in [1.82, 2.24) is 0 Å². The molecule has 0 aromatic heterocycles. The molecule has 35 heavy (non-hydrogen) atoms. The van der Waals surface area contributed by atoms with Crippen molar-refractivity contribution in [2.24, 2.45) is 0 Å². The Labute approximate surface area is 213 Å². The third kappa shape index (κ3) is 6.18. The molecule has 9 heteroatoms. The van der Waals surface area contributed by atoms with Gasteiger partial charge in [0.25, 0.3) is 11.8 Å². The zero-order valence-corrected chi connectivity index (χ0v) is 20.7. The molecule has 1 N–H and O–H groups in total. The number of rotatable bonds is 8. The largest absolute Gasteiger partial charge is 0.492 e. The third-order valence-electron chi connectivity index (χ3n) is 5.34. The van der Waals surface area contributed by atoms with E-state index in [1.54, 1.807) is 48.2 Å². The van der Waals surface area contributed by atoms with Gasteiger partial charge >= 0.3 is 0 Å². The quantitative estimate of drug-likeness (QED) is 0.428. The molecule has 0 bridgehead atoms. The molecule has 1 aliphatic rings. The maximum atomic E-state index is 12.6. The molecule has 0 fully saturated rings. The van der Waals surface area contributed by atoms with Crippen molar-refractivity contribution in [3.05, 3.63) is 76.3 Å². The van der Waals surface area contributed by atoms with Crippen LogP contribution in [0.25, 0.3) is 0 Å². The van der Waals surface area contributed by atoms with Crippen LogP contribution in [0.15, 0.2) is 60.7 Å². The smallest absolute Gasteiger partial charge is 0.265 e. The molecule has 1 aliphatic heterocycles. The Kier molecular flexibility index (Phi) is 7.68. The number of hydrogen-bond acceptors (Lipinski definition) is 5. The summed E-state index contributed by atoms with van der Waals surface area (Å²) in [5.41, 5.74) is 2.27. The van der Waals surface area contributed by atoms with E-state index in [2.05, 4.69) is 5.32 Å². The fourth-order valence-electron chi connectivity index (χ4n) is 3.48. The van der Waals surface area contributed by atoms with Crippen LogP contribution >= 0.6 is 23.2 Å². The maximum Gasteiger partial charge on any atom is 0.265 e. The van der Waals surface area contributed by atoms with E-state index < -0.39 is 6.10 Å². The normalized spacial score (nSPS) is 13.5. The van der Waals surface area contributed by atoms with Gasteiger partial charge in [-0.15, -0.1) is 0 Å². The second-order valence-corrected chi connectivity index (χ2v) is 8.85. The summed E-state index contributed by atoms with van der Waals surface area (Å²) in [5, 5.41) is 3.59. The average Bonchev–Trinajstić information content (AvgIpc) is 2.83. The topological polar surface area (TPSA) is 77.1 Å². The summed E-state index contributed by atoms with van der Waals surface area (Å²) in [4.78, 5) is 26.7. The van der Waals surface area contributed by atoms with E-state index in [1.807, 2.05) is 31.2 Å². The van der Waals surface area contributed by atoms with Crippen molar-refractivity contribution in [3.8, 4) is 17.2 Å². The molecule has 3 aromatic rings. The van der Waals surface area contributed by atoms with E-state index in [1.165, 1.54) is 0 Å². The highest BCUT2D eigenvalue weighted by Crippen LogP contribution is 2.35. The number of fused-ring (bicyclic) bond motifs is 1. The second-order valence-electron chi connectivity index (χ2n) is 8.00. The maximum absolute atomic E-state index is 12.6. The van der Waals surface area contributed by atoms with Gasteiger partial charge in [0.1, 0.15) is 23.9 Å². The van der Waals surface area contributed by atoms with Crippen molar-refractivity contribution in [3.63, 3.8) is 0 Å². The van der Waals surface area contributed by atoms with E-state index in [9.17, 15) is 9.59 Å². The number of nitrogens with one attached hydrogen (secondary N) is 1. The average molecular weight is 515 g/mol. The van der Waals surface area contributed by atoms with Gasteiger partial charge < -0.3 is 24.4 Å². The number of carbonyl (C=O) groups excluding carboxylic acids is 2. The van der Waals surface area contributed by atoms with Gasteiger partial charge in [0, 0.05) is 16.8 Å². The minimum atomic E-state index is -0.817. The Balaban J connectivity index is 1.38. The lowest BCUT2D eigenvalue weighted by Crippen LogP contribution is -2.41. The number of ether oxygens (including phenoxy) is 3. The Hall–Kier alpha value is -3.42. The molecule has 7 nitrogen and oxygen atoms in total. The molecular formula is C26H24Cl2N2O5. The Bertz CT molecular complexity index is 1230. The molecule has 0 aliphatic carbocycles. The fourth-order valence-corrected chi connectivity index (χ4v) is 3.93. The molecule has 3 aromatic carbocycles. The van der Waals surface area contributed by atoms with Crippen LogP contribution in [0.3, 0.4) is 0 Å². The van der Waals surface area contributed by atoms with Crippen molar-refractivity contribution in [1.29, 1.82) is 0 Å². The van der Waals surface area contributed by atoms with Crippen molar-refractivity contribution < 1.29 is 23.8 Å². The summed E-state index contributed by atoms with van der Waals surface area (Å²) in [6, 6.07) is 17.6. The number of halogens is 2. The van der Waals surface area contributed by atoms with Crippen molar-refractivity contribution in [2.75, 3.05) is 30.0 Å². The van der Waals surface area contributed by atoms with Gasteiger partial charge in [0.05, 0.1) is 17.3 Å². The molecule has 0 spiro atoms. The van der Waals surface area contributed by atoms with Gasteiger partial charge in [0.15, 0.2) is 12.7 Å². The monoisotopic (exact) mass is 514 g/mol. The highest BCUT2D eigenvalue weighted by atomic mass is 35.5. The number of amides is 2. The molecule has 182 valence electrons. The van der Waals surface area contributed by atoms with Crippen LogP contribution < -0.4 is 24.4 Å². The predicted molar refractivity (Wildman–Crippen MR) is 136 cm³/mol. The van der Waals surface area contributed by atoms with Crippen LogP contribution in [0.5, 0.6) is 17.2 Å². The van der Waals surface area contributed by atoms with Crippen LogP contribution in [0.2, 0.25) is 10.0 Å². The summed E-state index contributed by atoms with van der Waals surface area (Å²) in [6.07, 6.45) is -0.817. The van der Waals surface area contributed by atoms with Crippen LogP contribution in [-0.2, 0) is 9.59 Å². The van der Waals surface area contributed by atoms with Gasteiger partial charge in [-0.1, -0.05) is 40.9 Å². The molecule has 0 saturated carbocycles. The first kappa shape index (κ1) is 24.7. The number of aryl methyl sites for hydroxylation is 1. The molecule has 0 saturated heterocycles. The lowest BCUT2D eigenvalue weighted by molar-refractivity contribution is -0.122. The number of nitrogens with zero attached hydrogens (tertiary/aromatic N) is 1. The summed E-state index contributed by atoms with van der Waals surface area (Å²) in [5.74, 6) is 1.06. The first-order valence-electron chi connectivity index (χ1n) is 11.0. The van der Waals surface area contributed by atoms with Crippen molar-refractivity contribution in [2.45, 2.75) is 20.0 Å². The zero-order chi connectivity index (χ0) is 24.9. The Morgan fingerprint density at radius 1 is 1.11 bits per heavy atom. The lowest BCUT2D eigenvalue weighted by Gasteiger charge is -2.29. The lowest BCUT2D eigenvalue weighted by atomic mass is 10.2. The SMILES string of the molecule is Cc1ccc(OCCN2C(=O)COc3cc(NC(=O)C(C)Oc4ccc(Cl)cc4Cl)ccc32)cc1. The van der Waals surface area contributed by atoms with Crippen LogP contribution in [-0.4, -0.2) is 37.7 Å². The number of anilines is 2. The van der Waals surface area contributed by atoms with Crippen molar-refractivity contribution >= 4 is 46.4 Å². The van der Waals surface area contributed by atoms with Gasteiger partial charge in [-0.3, -0.25) is 9.59 Å². The van der Waals surface area contributed by atoms with Gasteiger partial charge in [0.2, 0.25) is 0 Å². The minimum absolute atomic E-state index is 0.0937. The van der Waals surface area contributed by atoms with Crippen LogP contribution in [0.4, 0.5) is 11.4 Å². The predicted octanol–water partition coefficient (Wildman–Crippen LogP) is 5.51. The second kappa shape index (κ2) is 10.9. The standard InChI is InChI=1S/C26H24Cl2N2O5/c1-16-3-7-20(8-4-16)33-12-11-30-22-9-6-19(14-24(22)34-15-25(30)31)29-26(32)17(2)35-23-10-5-18(27)13-21(23)28/h3-10,13-14,17H,11-12,15H2,1-2H3,(H,29,32). The summed E-state index contributed by atoms with van der Waals surface area (Å²) >= 11 is 12.0. The minimum Gasteiger partial charge on any atom is -0.492 e. The highest BCUT2D eigenvalue weighted by Gasteiger charge is 2.26. The van der Waals surface area contributed by atoms with Gasteiger partial charge in [-0.2, -0.15) is 0 Å². The van der Waals surface area contributed by atoms with Gasteiger partial charge in [-0.05, 0) is 56.3 Å². The molecule has 1 unspecified atom stereocenters. The molecule has 1 heterocycles. The van der Waals surface area contributed by atoms with Crippen LogP contribution in [0, 0.1) is 6.92 Å². The summed E-state index contributed by atoms with van der Waals surface area (Å²) in [7, 11) is 0. The van der Waals surface area contributed by atoms with Crippen LogP contribution in [0.1, 0.15) is 12.5 Å². The van der Waals surface area contributed by atoms with Gasteiger partial charge in [-0.25, -0.2) is 0 Å². The number of hydrogen-bond donors (Lipinski definition) is 1. The number of benzene rings is 3. The molecular weight excluding hydrogens is 491 g/mol. The zero-order valence-electron chi connectivity index (χ0n) is 19.2. The molecule has 0 radical (unpaired) electrons. The summed E-state index contributed by atoms with van der Waals surface area (Å²) < 4.78 is 17.0. The Morgan fingerprint density at radius 2 is 1.89 bits per heavy atom. The van der Waals surface area contributed by atoms with E-state index in [4.69, 9.17) is 37.4 Å². The highest BCUT2D eigenvalue weighted by molar-refractivity contribution is 6.35. The molecule has 2 amide bonds. The number of carbonyl (C=O) groups is 2. The fraction of sp³-hybridized carbons (Fsp3) is 0.231. The third-order valence-corrected chi connectivity index (χ3v) is 5.87. The molecule has 1 atom stereocenters. The first-order valence-corrected chi connectivity index (χ1v) is 11.7. The van der Waals surface area contributed by atoms with E-state index in [0.29, 0.717) is 46.1 Å². The van der Waals surface area contributed by atoms with E-state index in [-0.39, 0.29) is 18.4 Å². The summed E-state index contributed by atoms with van der Waals surface area (Å²) in [6.45, 7) is 4.22. The van der Waals surface area contributed by atoms with E-state index in [0.717, 1.165) is 11.3 Å². The van der Waals surface area contributed by atoms with E-state index >= 15 is 0 Å².